The number of hydrogen-bond donors (Lipinski definition) is 2. The number of aromatic nitrogens is 2. The monoisotopic (exact) mass is 358 g/mol. The van der Waals surface area contributed by atoms with Gasteiger partial charge in [0.1, 0.15) is 4.90 Å². The lowest BCUT2D eigenvalue weighted by Gasteiger charge is -2.18. The second-order valence-corrected chi connectivity index (χ2v) is 7.79. The summed E-state index contributed by atoms with van der Waals surface area (Å²) in [4.78, 5) is 0.217. The molecule has 0 amide bonds. The van der Waals surface area contributed by atoms with Crippen molar-refractivity contribution in [3.63, 3.8) is 0 Å². The van der Waals surface area contributed by atoms with Crippen LogP contribution in [-0.4, -0.2) is 24.7 Å². The Hall–Kier alpha value is -2.22. The fourth-order valence-corrected chi connectivity index (χ4v) is 4.74. The number of hydrogen-bond acceptors (Lipinski definition) is 4. The van der Waals surface area contributed by atoms with Crippen LogP contribution < -0.4 is 10.5 Å². The van der Waals surface area contributed by atoms with Gasteiger partial charge in [0.2, 0.25) is 10.0 Å². The second-order valence-electron chi connectivity index (χ2n) is 6.14. The predicted molar refractivity (Wildman–Crippen MR) is 98.7 cm³/mol. The molecule has 0 saturated heterocycles. The third-order valence-electron chi connectivity index (χ3n) is 4.42. The Labute approximate surface area is 147 Å². The van der Waals surface area contributed by atoms with Gasteiger partial charge in [0.05, 0.1) is 17.4 Å². The largest absolute Gasteiger partial charge is 0.329 e. The predicted octanol–water partition coefficient (Wildman–Crippen LogP) is 2.17. The molecule has 132 valence electrons. The van der Waals surface area contributed by atoms with E-state index in [0.717, 1.165) is 16.3 Å². The number of benzene rings is 2. The lowest BCUT2D eigenvalue weighted by molar-refractivity contribution is 0.557. The first-order valence-electron chi connectivity index (χ1n) is 8.05. The van der Waals surface area contributed by atoms with E-state index in [1.807, 2.05) is 42.5 Å². The average molecular weight is 358 g/mol. The van der Waals surface area contributed by atoms with Crippen LogP contribution in [-0.2, 0) is 17.1 Å². The zero-order valence-corrected chi connectivity index (χ0v) is 15.3. The summed E-state index contributed by atoms with van der Waals surface area (Å²) < 4.78 is 30.0. The standard InChI is InChI=1S/C18H22N4O2S/c1-12-18(13(2)22(3)20-12)25(23,24)21-17(11-19)16-9-8-14-6-4-5-7-15(14)10-16/h4-10,17,21H,11,19H2,1-3H3. The van der Waals surface area contributed by atoms with Gasteiger partial charge in [-0.15, -0.1) is 0 Å². The summed E-state index contributed by atoms with van der Waals surface area (Å²) in [7, 11) is -2.00. The van der Waals surface area contributed by atoms with Crippen molar-refractivity contribution < 1.29 is 8.42 Å². The summed E-state index contributed by atoms with van der Waals surface area (Å²) in [6.45, 7) is 3.59. The number of fused-ring (bicyclic) bond motifs is 1. The number of rotatable bonds is 5. The van der Waals surface area contributed by atoms with E-state index in [-0.39, 0.29) is 11.4 Å². The highest BCUT2D eigenvalue weighted by atomic mass is 32.2. The molecular weight excluding hydrogens is 336 g/mol. The van der Waals surface area contributed by atoms with Crippen LogP contribution in [0, 0.1) is 13.8 Å². The van der Waals surface area contributed by atoms with Crippen molar-refractivity contribution in [1.29, 1.82) is 0 Å². The van der Waals surface area contributed by atoms with Crippen molar-refractivity contribution in [2.45, 2.75) is 24.8 Å². The smallest absolute Gasteiger partial charge is 0.244 e. The van der Waals surface area contributed by atoms with Gasteiger partial charge in [-0.25, -0.2) is 13.1 Å². The van der Waals surface area contributed by atoms with Crippen LogP contribution in [0.1, 0.15) is 23.0 Å². The van der Waals surface area contributed by atoms with Gasteiger partial charge in [-0.1, -0.05) is 36.4 Å². The Kier molecular flexibility index (Phi) is 4.64. The number of nitrogens with one attached hydrogen (secondary N) is 1. The van der Waals surface area contributed by atoms with Crippen molar-refractivity contribution in [1.82, 2.24) is 14.5 Å². The first kappa shape index (κ1) is 17.6. The molecule has 2 aromatic carbocycles. The molecule has 1 atom stereocenters. The molecule has 0 bridgehead atoms. The Morgan fingerprint density at radius 3 is 2.44 bits per heavy atom. The fourth-order valence-electron chi connectivity index (χ4n) is 3.07. The Morgan fingerprint density at radius 2 is 1.84 bits per heavy atom. The van der Waals surface area contributed by atoms with E-state index in [1.54, 1.807) is 25.6 Å². The topological polar surface area (TPSA) is 90.0 Å². The van der Waals surface area contributed by atoms with Crippen molar-refractivity contribution in [3.05, 3.63) is 59.4 Å². The van der Waals surface area contributed by atoms with Gasteiger partial charge in [0.25, 0.3) is 0 Å². The summed E-state index contributed by atoms with van der Waals surface area (Å²) in [5, 5.41) is 6.34. The lowest BCUT2D eigenvalue weighted by atomic mass is 10.0. The minimum Gasteiger partial charge on any atom is -0.329 e. The van der Waals surface area contributed by atoms with E-state index in [2.05, 4.69) is 9.82 Å². The van der Waals surface area contributed by atoms with Crippen LogP contribution in [0.25, 0.3) is 10.8 Å². The third kappa shape index (κ3) is 3.30. The molecule has 0 aliphatic heterocycles. The number of nitrogens with two attached hydrogens (primary N) is 1. The molecule has 1 aromatic heterocycles. The minimum atomic E-state index is -3.73. The molecule has 0 aliphatic rings. The first-order chi connectivity index (χ1) is 11.8. The van der Waals surface area contributed by atoms with Gasteiger partial charge in [-0.3, -0.25) is 4.68 Å². The molecule has 3 rings (SSSR count). The van der Waals surface area contributed by atoms with Crippen LogP contribution in [0.3, 0.4) is 0 Å². The number of aryl methyl sites for hydroxylation is 2. The van der Waals surface area contributed by atoms with Crippen LogP contribution in [0.4, 0.5) is 0 Å². The maximum absolute atomic E-state index is 12.9. The van der Waals surface area contributed by atoms with Crippen molar-refractivity contribution in [3.8, 4) is 0 Å². The minimum absolute atomic E-state index is 0.163. The molecule has 0 saturated carbocycles. The van der Waals surface area contributed by atoms with E-state index in [0.29, 0.717) is 11.4 Å². The molecule has 3 aromatic rings. The van der Waals surface area contributed by atoms with Gasteiger partial charge in [0, 0.05) is 13.6 Å². The Bertz CT molecular complexity index is 1020. The molecule has 25 heavy (non-hydrogen) atoms. The quantitative estimate of drug-likeness (QED) is 0.731. The molecule has 1 heterocycles. The molecule has 0 radical (unpaired) electrons. The summed E-state index contributed by atoms with van der Waals surface area (Å²) in [6.07, 6.45) is 0. The highest BCUT2D eigenvalue weighted by Gasteiger charge is 2.27. The third-order valence-corrected chi connectivity index (χ3v) is 6.14. The summed E-state index contributed by atoms with van der Waals surface area (Å²) in [5.74, 6) is 0. The molecule has 0 fully saturated rings. The van der Waals surface area contributed by atoms with Crippen molar-refractivity contribution in [2.24, 2.45) is 12.8 Å². The van der Waals surface area contributed by atoms with Gasteiger partial charge in [0.15, 0.2) is 0 Å². The number of sulfonamides is 1. The van der Waals surface area contributed by atoms with Crippen LogP contribution in [0.2, 0.25) is 0 Å². The van der Waals surface area contributed by atoms with Gasteiger partial charge >= 0.3 is 0 Å². The van der Waals surface area contributed by atoms with Gasteiger partial charge < -0.3 is 5.73 Å². The van der Waals surface area contributed by atoms with Crippen molar-refractivity contribution in [2.75, 3.05) is 6.54 Å². The zero-order chi connectivity index (χ0) is 18.2. The van der Waals surface area contributed by atoms with E-state index >= 15 is 0 Å². The zero-order valence-electron chi connectivity index (χ0n) is 14.5. The van der Waals surface area contributed by atoms with Crippen LogP contribution >= 0.6 is 0 Å². The Balaban J connectivity index is 1.98. The van der Waals surface area contributed by atoms with Gasteiger partial charge in [-0.2, -0.15) is 5.10 Å². The highest BCUT2D eigenvalue weighted by Crippen LogP contribution is 2.24. The summed E-state index contributed by atoms with van der Waals surface area (Å²) in [6, 6.07) is 13.3. The van der Waals surface area contributed by atoms with E-state index in [9.17, 15) is 8.42 Å². The maximum Gasteiger partial charge on any atom is 0.244 e. The molecule has 1 unspecified atom stereocenters. The fraction of sp³-hybridized carbons (Fsp3) is 0.278. The SMILES string of the molecule is Cc1nn(C)c(C)c1S(=O)(=O)NC(CN)c1ccc2ccccc2c1. The van der Waals surface area contributed by atoms with Crippen molar-refractivity contribution >= 4 is 20.8 Å². The molecule has 3 N–H and O–H groups in total. The molecular formula is C18H22N4O2S. The average Bonchev–Trinajstić information content (AvgIpc) is 2.85. The summed E-state index contributed by atoms with van der Waals surface area (Å²) in [5.41, 5.74) is 7.78. The van der Waals surface area contributed by atoms with Crippen LogP contribution in [0.5, 0.6) is 0 Å². The molecule has 0 aliphatic carbocycles. The van der Waals surface area contributed by atoms with E-state index < -0.39 is 16.1 Å². The molecule has 7 heteroatoms. The molecule has 6 nitrogen and oxygen atoms in total. The normalized spacial score (nSPS) is 13.3. The lowest BCUT2D eigenvalue weighted by Crippen LogP contribution is -2.34. The highest BCUT2D eigenvalue weighted by molar-refractivity contribution is 7.89. The number of nitrogens with zero attached hydrogens (tertiary/aromatic N) is 2. The van der Waals surface area contributed by atoms with E-state index in [4.69, 9.17) is 5.73 Å². The maximum atomic E-state index is 12.9. The Morgan fingerprint density at radius 1 is 1.16 bits per heavy atom. The van der Waals surface area contributed by atoms with E-state index in [1.165, 1.54) is 0 Å². The first-order valence-corrected chi connectivity index (χ1v) is 9.53. The summed E-state index contributed by atoms with van der Waals surface area (Å²) >= 11 is 0. The van der Waals surface area contributed by atoms with Crippen LogP contribution in [0.15, 0.2) is 47.4 Å². The second kappa shape index (κ2) is 6.59. The van der Waals surface area contributed by atoms with Gasteiger partial charge in [-0.05, 0) is 36.2 Å². The molecule has 0 spiro atoms.